The predicted molar refractivity (Wildman–Crippen MR) is 140 cm³/mol. The smallest absolute Gasteiger partial charge is 0.128 e. The van der Waals surface area contributed by atoms with Gasteiger partial charge in [0.15, 0.2) is 0 Å². The average Bonchev–Trinajstić information content (AvgIpc) is 2.82. The van der Waals surface area contributed by atoms with E-state index in [0.29, 0.717) is 5.84 Å². The third-order valence-corrected chi connectivity index (χ3v) is 5.74. The topological polar surface area (TPSA) is 69.8 Å². The molecule has 0 amide bonds. The molecule has 1 heterocycles. The maximum atomic E-state index is 6.20. The van der Waals surface area contributed by atoms with E-state index in [1.54, 1.807) is 7.05 Å². The van der Waals surface area contributed by atoms with Crippen molar-refractivity contribution in [3.05, 3.63) is 59.8 Å². The second-order valence-corrected chi connectivity index (χ2v) is 8.24. The van der Waals surface area contributed by atoms with Crippen LogP contribution in [-0.2, 0) is 6.42 Å². The lowest BCUT2D eigenvalue weighted by atomic mass is 9.99. The number of aromatic nitrogens is 1. The number of aryl methyl sites for hydroxylation is 1. The summed E-state index contributed by atoms with van der Waals surface area (Å²) in [6, 6.07) is 10.4. The number of unbranched alkanes of at least 4 members (excludes halogenated alkanes) is 2. The van der Waals surface area contributed by atoms with Crippen molar-refractivity contribution in [2.75, 3.05) is 51.5 Å². The van der Waals surface area contributed by atoms with E-state index in [1.165, 1.54) is 12.0 Å². The fraction of sp³-hybridized carbons (Fsp3) is 0.462. The lowest BCUT2D eigenvalue weighted by Crippen LogP contribution is -2.24. The Kier molecular flexibility index (Phi) is 10.1. The van der Waals surface area contributed by atoms with Crippen LogP contribution in [0.15, 0.2) is 48.1 Å². The Morgan fingerprint density at radius 3 is 2.56 bits per heavy atom. The molecule has 0 spiro atoms. The monoisotopic (exact) mass is 436 g/mol. The van der Waals surface area contributed by atoms with Crippen molar-refractivity contribution in [2.24, 2.45) is 10.7 Å². The van der Waals surface area contributed by atoms with Crippen LogP contribution in [-0.4, -0.2) is 57.0 Å². The minimum absolute atomic E-state index is 0.581. The molecule has 0 unspecified atom stereocenters. The molecule has 0 radical (unpaired) electrons. The van der Waals surface area contributed by atoms with E-state index in [4.69, 9.17) is 5.73 Å². The molecule has 32 heavy (non-hydrogen) atoms. The fourth-order valence-electron chi connectivity index (χ4n) is 3.80. The number of nitrogens with one attached hydrogen (secondary N) is 1. The molecule has 174 valence electrons. The molecule has 1 aromatic carbocycles. The van der Waals surface area contributed by atoms with Crippen molar-refractivity contribution in [1.29, 1.82) is 0 Å². The van der Waals surface area contributed by atoms with E-state index in [2.05, 4.69) is 58.0 Å². The molecule has 0 atom stereocenters. The summed E-state index contributed by atoms with van der Waals surface area (Å²) in [6.07, 6.45) is 7.31. The quantitative estimate of drug-likeness (QED) is 0.272. The van der Waals surface area contributed by atoms with E-state index in [-0.39, 0.29) is 0 Å². The van der Waals surface area contributed by atoms with E-state index in [9.17, 15) is 0 Å². The van der Waals surface area contributed by atoms with Crippen LogP contribution in [0.5, 0.6) is 0 Å². The molecular formula is C26H40N6. The molecule has 0 saturated heterocycles. The van der Waals surface area contributed by atoms with Crippen LogP contribution >= 0.6 is 0 Å². The van der Waals surface area contributed by atoms with Crippen LogP contribution in [0.25, 0.3) is 5.70 Å². The summed E-state index contributed by atoms with van der Waals surface area (Å²) >= 11 is 0. The number of hydrogen-bond donors (Lipinski definition) is 2. The van der Waals surface area contributed by atoms with Gasteiger partial charge in [0.05, 0.1) is 0 Å². The van der Waals surface area contributed by atoms with Gasteiger partial charge < -0.3 is 20.9 Å². The number of nitrogens with zero attached hydrogens (tertiary/aromatic N) is 4. The number of benzene rings is 1. The third kappa shape index (κ3) is 6.74. The number of aliphatic imine (C=N–C) groups is 1. The highest BCUT2D eigenvalue weighted by atomic mass is 15.1. The molecule has 6 heteroatoms. The Balaban J connectivity index is 2.06. The zero-order valence-electron chi connectivity index (χ0n) is 20.5. The molecule has 6 nitrogen and oxygen atoms in total. The number of amidine groups is 1. The first-order chi connectivity index (χ1) is 15.4. The molecule has 0 bridgehead atoms. The maximum Gasteiger partial charge on any atom is 0.128 e. The van der Waals surface area contributed by atoms with E-state index in [1.807, 2.05) is 38.3 Å². The van der Waals surface area contributed by atoms with Crippen LogP contribution in [0.4, 0.5) is 11.5 Å². The van der Waals surface area contributed by atoms with Gasteiger partial charge in [0, 0.05) is 70.0 Å². The Hall–Kier alpha value is -3.02. The van der Waals surface area contributed by atoms with Crippen LogP contribution in [0.2, 0.25) is 0 Å². The summed E-state index contributed by atoms with van der Waals surface area (Å²) in [6.45, 7) is 8.66. The van der Waals surface area contributed by atoms with Gasteiger partial charge in [-0.1, -0.05) is 32.1 Å². The van der Waals surface area contributed by atoms with Gasteiger partial charge in [-0.15, -0.1) is 0 Å². The lowest BCUT2D eigenvalue weighted by Gasteiger charge is -2.27. The Bertz CT molecular complexity index is 903. The summed E-state index contributed by atoms with van der Waals surface area (Å²) in [7, 11) is 7.68. The summed E-state index contributed by atoms with van der Waals surface area (Å²) in [4.78, 5) is 13.1. The highest BCUT2D eigenvalue weighted by molar-refractivity contribution is 6.03. The van der Waals surface area contributed by atoms with Crippen LogP contribution in [0.1, 0.15) is 49.3 Å². The van der Waals surface area contributed by atoms with Crippen LogP contribution in [0, 0.1) is 0 Å². The van der Waals surface area contributed by atoms with Gasteiger partial charge in [-0.25, -0.2) is 4.98 Å². The van der Waals surface area contributed by atoms with Crippen molar-refractivity contribution in [3.8, 4) is 0 Å². The number of pyridine rings is 1. The largest absolute Gasteiger partial charge is 0.388 e. The highest BCUT2D eigenvalue weighted by Crippen LogP contribution is 2.24. The zero-order chi connectivity index (χ0) is 23.5. The first kappa shape index (κ1) is 25.2. The van der Waals surface area contributed by atoms with Crippen LogP contribution in [0.3, 0.4) is 0 Å². The zero-order valence-corrected chi connectivity index (χ0v) is 20.5. The highest BCUT2D eigenvalue weighted by Gasteiger charge is 2.13. The minimum Gasteiger partial charge on any atom is -0.388 e. The van der Waals surface area contributed by atoms with E-state index >= 15 is 0 Å². The third-order valence-electron chi connectivity index (χ3n) is 5.74. The lowest BCUT2D eigenvalue weighted by molar-refractivity contribution is 0.377. The van der Waals surface area contributed by atoms with Gasteiger partial charge in [0.1, 0.15) is 11.7 Å². The summed E-state index contributed by atoms with van der Waals surface area (Å²) in [5.41, 5.74) is 11.7. The molecule has 0 saturated carbocycles. The van der Waals surface area contributed by atoms with Gasteiger partial charge in [-0.3, -0.25) is 4.99 Å². The Morgan fingerprint density at radius 2 is 1.91 bits per heavy atom. The van der Waals surface area contributed by atoms with Crippen LogP contribution < -0.4 is 16.0 Å². The molecule has 3 N–H and O–H groups in total. The van der Waals surface area contributed by atoms with Gasteiger partial charge in [-0.2, -0.15) is 0 Å². The first-order valence-corrected chi connectivity index (χ1v) is 11.5. The van der Waals surface area contributed by atoms with Gasteiger partial charge in [0.2, 0.25) is 0 Å². The van der Waals surface area contributed by atoms with Gasteiger partial charge >= 0.3 is 0 Å². The number of hydrogen-bond acceptors (Lipinski definition) is 5. The molecule has 2 aromatic rings. The SMILES string of the molecule is C=C(c1ccnc(N(C)C)c1)N(CCCC)CCCCc1cccc(NC)c1C(N)=NC. The van der Waals surface area contributed by atoms with Crippen molar-refractivity contribution < 1.29 is 0 Å². The van der Waals surface area contributed by atoms with Crippen molar-refractivity contribution in [3.63, 3.8) is 0 Å². The standard InChI is InChI=1S/C26H40N6/c1-7-8-17-32(20(2)22-15-16-30-24(19-22)31(5)6)18-10-9-12-21-13-11-14-23(28-3)25(21)26(27)29-4/h11,13-16,19,28H,2,7-10,12,17-18H2,1,3-6H3,(H2,27,29). The van der Waals surface area contributed by atoms with Gasteiger partial charge in [0.25, 0.3) is 0 Å². The molecule has 1 aromatic heterocycles. The molecule has 0 aliphatic rings. The Morgan fingerprint density at radius 1 is 1.16 bits per heavy atom. The number of nitrogens with two attached hydrogens (primary N) is 1. The predicted octanol–water partition coefficient (Wildman–Crippen LogP) is 4.62. The first-order valence-electron chi connectivity index (χ1n) is 11.5. The molecule has 0 aliphatic heterocycles. The van der Waals surface area contributed by atoms with Crippen molar-refractivity contribution in [1.82, 2.24) is 9.88 Å². The van der Waals surface area contributed by atoms with Crippen molar-refractivity contribution >= 4 is 23.0 Å². The summed E-state index contributed by atoms with van der Waals surface area (Å²) < 4.78 is 0. The maximum absolute atomic E-state index is 6.20. The van der Waals surface area contributed by atoms with Gasteiger partial charge in [-0.05, 0) is 49.4 Å². The summed E-state index contributed by atoms with van der Waals surface area (Å²) in [5.74, 6) is 1.53. The fourth-order valence-corrected chi connectivity index (χ4v) is 3.80. The molecule has 2 rings (SSSR count). The average molecular weight is 437 g/mol. The number of anilines is 2. The molecular weight excluding hydrogens is 396 g/mol. The van der Waals surface area contributed by atoms with E-state index in [0.717, 1.165) is 67.1 Å². The molecule has 0 fully saturated rings. The minimum atomic E-state index is 0.581. The molecule has 0 aliphatic carbocycles. The van der Waals surface area contributed by atoms with Crippen molar-refractivity contribution in [2.45, 2.75) is 39.0 Å². The summed E-state index contributed by atoms with van der Waals surface area (Å²) in [5, 5.41) is 3.24. The normalized spacial score (nSPS) is 11.3. The number of rotatable bonds is 13. The second-order valence-electron chi connectivity index (χ2n) is 8.24. The Labute approximate surface area is 194 Å². The second kappa shape index (κ2) is 12.7. The van der Waals surface area contributed by atoms with E-state index < -0.39 is 0 Å².